The molecule has 7 heteroatoms. The molecule has 0 aliphatic heterocycles. The molecule has 2 aromatic carbocycles. The van der Waals surface area contributed by atoms with Crippen molar-refractivity contribution >= 4 is 10.0 Å². The SMILES string of the molecule is CCN(CC)[C@H](CNS(=O)(=O)c1cc(OC)ccc1OC)Cc1ccccc1. The molecule has 28 heavy (non-hydrogen) atoms. The fourth-order valence-corrected chi connectivity index (χ4v) is 4.49. The van der Waals surface area contributed by atoms with Crippen molar-refractivity contribution in [2.45, 2.75) is 31.2 Å². The van der Waals surface area contributed by atoms with Crippen LogP contribution in [0.3, 0.4) is 0 Å². The fraction of sp³-hybridized carbons (Fsp3) is 0.429. The maximum atomic E-state index is 13.0. The van der Waals surface area contributed by atoms with Crippen LogP contribution in [0.5, 0.6) is 11.5 Å². The third-order valence-corrected chi connectivity index (χ3v) is 6.26. The Morgan fingerprint density at radius 3 is 2.25 bits per heavy atom. The molecule has 0 radical (unpaired) electrons. The third kappa shape index (κ3) is 5.70. The highest BCUT2D eigenvalue weighted by molar-refractivity contribution is 7.89. The number of ether oxygens (including phenoxy) is 2. The summed E-state index contributed by atoms with van der Waals surface area (Å²) in [4.78, 5) is 2.34. The number of nitrogens with one attached hydrogen (secondary N) is 1. The fourth-order valence-electron chi connectivity index (χ4n) is 3.23. The van der Waals surface area contributed by atoms with Crippen LogP contribution in [0.25, 0.3) is 0 Å². The largest absolute Gasteiger partial charge is 0.497 e. The number of hydrogen-bond donors (Lipinski definition) is 1. The van der Waals surface area contributed by atoms with E-state index in [1.54, 1.807) is 12.1 Å². The van der Waals surface area contributed by atoms with Crippen molar-refractivity contribution in [3.05, 3.63) is 54.1 Å². The molecule has 6 nitrogen and oxygen atoms in total. The lowest BCUT2D eigenvalue weighted by molar-refractivity contribution is 0.216. The second kappa shape index (κ2) is 10.5. The summed E-state index contributed by atoms with van der Waals surface area (Å²) in [5.74, 6) is 0.751. The summed E-state index contributed by atoms with van der Waals surface area (Å²) in [6, 6.07) is 14.9. The first-order valence-corrected chi connectivity index (χ1v) is 10.9. The molecule has 0 aliphatic rings. The van der Waals surface area contributed by atoms with Gasteiger partial charge < -0.3 is 9.47 Å². The second-order valence-corrected chi connectivity index (χ2v) is 8.17. The van der Waals surface area contributed by atoms with Gasteiger partial charge in [-0.1, -0.05) is 44.2 Å². The smallest absolute Gasteiger partial charge is 0.244 e. The Kier molecular flexibility index (Phi) is 8.29. The molecule has 0 unspecified atom stereocenters. The van der Waals surface area contributed by atoms with Crippen molar-refractivity contribution in [1.29, 1.82) is 0 Å². The number of rotatable bonds is 11. The van der Waals surface area contributed by atoms with Crippen LogP contribution in [0.4, 0.5) is 0 Å². The molecule has 154 valence electrons. The van der Waals surface area contributed by atoms with Gasteiger partial charge in [-0.3, -0.25) is 4.90 Å². The zero-order valence-electron chi connectivity index (χ0n) is 17.0. The molecular weight excluding hydrogens is 376 g/mol. The summed E-state index contributed by atoms with van der Waals surface area (Å²) in [5, 5.41) is 0. The highest BCUT2D eigenvalue weighted by Crippen LogP contribution is 2.28. The van der Waals surface area contributed by atoms with Crippen LogP contribution in [-0.4, -0.2) is 53.2 Å². The van der Waals surface area contributed by atoms with Crippen molar-refractivity contribution in [2.75, 3.05) is 33.9 Å². The van der Waals surface area contributed by atoms with E-state index in [1.807, 2.05) is 18.2 Å². The number of sulfonamides is 1. The Hall–Kier alpha value is -2.09. The van der Waals surface area contributed by atoms with Gasteiger partial charge in [0, 0.05) is 18.7 Å². The molecule has 0 aliphatic carbocycles. The zero-order chi connectivity index (χ0) is 20.6. The lowest BCUT2D eigenvalue weighted by Gasteiger charge is -2.30. The van der Waals surface area contributed by atoms with E-state index in [2.05, 4.69) is 35.6 Å². The summed E-state index contributed by atoms with van der Waals surface area (Å²) in [7, 11) is -0.799. The quantitative estimate of drug-likeness (QED) is 0.621. The molecule has 0 heterocycles. The summed E-state index contributed by atoms with van der Waals surface area (Å²) < 4.78 is 39.1. The summed E-state index contributed by atoms with van der Waals surface area (Å²) >= 11 is 0. The Labute approximate surface area is 168 Å². The average molecular weight is 407 g/mol. The summed E-state index contributed by atoms with van der Waals surface area (Å²) in [6.07, 6.45) is 0.764. The molecule has 0 fully saturated rings. The Bertz CT molecular complexity index is 837. The van der Waals surface area contributed by atoms with Gasteiger partial charge in [0.05, 0.1) is 14.2 Å². The average Bonchev–Trinajstić information content (AvgIpc) is 2.73. The molecule has 0 aromatic heterocycles. The molecule has 0 spiro atoms. The van der Waals surface area contributed by atoms with E-state index in [0.717, 1.165) is 19.5 Å². The van der Waals surface area contributed by atoms with Gasteiger partial charge in [-0.15, -0.1) is 0 Å². The second-order valence-electron chi connectivity index (χ2n) is 6.43. The van der Waals surface area contributed by atoms with E-state index in [4.69, 9.17) is 9.47 Å². The van der Waals surface area contributed by atoms with Crippen molar-refractivity contribution in [3.8, 4) is 11.5 Å². The minimum atomic E-state index is -3.75. The number of nitrogens with zero attached hydrogens (tertiary/aromatic N) is 1. The van der Waals surface area contributed by atoms with Gasteiger partial charge in [0.2, 0.25) is 10.0 Å². The Balaban J connectivity index is 2.23. The van der Waals surface area contributed by atoms with E-state index in [1.165, 1.54) is 25.8 Å². The normalized spacial score (nSPS) is 12.8. The van der Waals surface area contributed by atoms with E-state index >= 15 is 0 Å². The number of benzene rings is 2. The van der Waals surface area contributed by atoms with Crippen LogP contribution in [0.15, 0.2) is 53.4 Å². The number of methoxy groups -OCH3 is 2. The monoisotopic (exact) mass is 406 g/mol. The zero-order valence-corrected chi connectivity index (χ0v) is 17.8. The van der Waals surface area contributed by atoms with Crippen LogP contribution in [0.1, 0.15) is 19.4 Å². The van der Waals surface area contributed by atoms with Crippen LogP contribution < -0.4 is 14.2 Å². The lowest BCUT2D eigenvalue weighted by Crippen LogP contribution is -2.45. The van der Waals surface area contributed by atoms with Gasteiger partial charge in [0.25, 0.3) is 0 Å². The van der Waals surface area contributed by atoms with Crippen LogP contribution in [0.2, 0.25) is 0 Å². The van der Waals surface area contributed by atoms with Gasteiger partial charge in [0.1, 0.15) is 16.4 Å². The molecular formula is C21H30N2O4S. The Morgan fingerprint density at radius 1 is 1.00 bits per heavy atom. The minimum absolute atomic E-state index is 0.0452. The molecule has 2 rings (SSSR count). The molecule has 1 N–H and O–H groups in total. The van der Waals surface area contributed by atoms with Gasteiger partial charge in [-0.2, -0.15) is 0 Å². The predicted molar refractivity (Wildman–Crippen MR) is 112 cm³/mol. The highest BCUT2D eigenvalue weighted by Gasteiger charge is 2.24. The summed E-state index contributed by atoms with van der Waals surface area (Å²) in [5.41, 5.74) is 1.18. The first kappa shape index (κ1) is 22.2. The van der Waals surface area contributed by atoms with E-state index in [-0.39, 0.29) is 16.7 Å². The highest BCUT2D eigenvalue weighted by atomic mass is 32.2. The maximum Gasteiger partial charge on any atom is 0.244 e. The van der Waals surface area contributed by atoms with Crippen LogP contribution in [0, 0.1) is 0 Å². The van der Waals surface area contributed by atoms with Gasteiger partial charge in [-0.25, -0.2) is 13.1 Å². The first-order valence-electron chi connectivity index (χ1n) is 9.44. The van der Waals surface area contributed by atoms with E-state index in [0.29, 0.717) is 12.3 Å². The molecule has 0 saturated heterocycles. The molecule has 2 aromatic rings. The first-order chi connectivity index (χ1) is 13.4. The lowest BCUT2D eigenvalue weighted by atomic mass is 10.0. The van der Waals surface area contributed by atoms with Crippen molar-refractivity contribution < 1.29 is 17.9 Å². The minimum Gasteiger partial charge on any atom is -0.497 e. The van der Waals surface area contributed by atoms with E-state index < -0.39 is 10.0 Å². The van der Waals surface area contributed by atoms with Crippen LogP contribution >= 0.6 is 0 Å². The molecule has 1 atom stereocenters. The van der Waals surface area contributed by atoms with Crippen molar-refractivity contribution in [2.24, 2.45) is 0 Å². The standard InChI is InChI=1S/C21H30N2O4S/c1-5-23(6-2)18(14-17-10-8-7-9-11-17)16-22-28(24,25)21-15-19(26-3)12-13-20(21)27-4/h7-13,15,18,22H,5-6,14,16H2,1-4H3/t18-/m0/s1. The number of likely N-dealkylation sites (N-methyl/N-ethyl adjacent to an activating group) is 1. The molecule has 0 bridgehead atoms. The predicted octanol–water partition coefficient (Wildman–Crippen LogP) is 2.94. The number of hydrogen-bond acceptors (Lipinski definition) is 5. The van der Waals surface area contributed by atoms with Crippen LogP contribution in [-0.2, 0) is 16.4 Å². The van der Waals surface area contributed by atoms with Gasteiger partial charge >= 0.3 is 0 Å². The topological polar surface area (TPSA) is 67.9 Å². The summed E-state index contributed by atoms with van der Waals surface area (Å²) in [6.45, 7) is 6.16. The Morgan fingerprint density at radius 2 is 1.68 bits per heavy atom. The molecule has 0 amide bonds. The van der Waals surface area contributed by atoms with Crippen molar-refractivity contribution in [1.82, 2.24) is 9.62 Å². The van der Waals surface area contributed by atoms with Crippen molar-refractivity contribution in [3.63, 3.8) is 0 Å². The van der Waals surface area contributed by atoms with E-state index in [9.17, 15) is 8.42 Å². The van der Waals surface area contributed by atoms with Gasteiger partial charge in [-0.05, 0) is 37.2 Å². The third-order valence-electron chi connectivity index (χ3n) is 4.81. The molecule has 0 saturated carbocycles. The maximum absolute atomic E-state index is 13.0. The van der Waals surface area contributed by atoms with Gasteiger partial charge in [0.15, 0.2) is 0 Å².